The van der Waals surface area contributed by atoms with Gasteiger partial charge in [-0.3, -0.25) is 13.7 Å². The molecular weight excluding hydrogens is 650 g/mol. The predicted octanol–water partition coefficient (Wildman–Crippen LogP) is 1.65. The van der Waals surface area contributed by atoms with Crippen molar-refractivity contribution in [2.45, 2.75) is 14.7 Å². The van der Waals surface area contributed by atoms with Crippen molar-refractivity contribution in [1.29, 1.82) is 0 Å². The number of nitrogens with zero attached hydrogens (tertiary/aromatic N) is 2. The summed E-state index contributed by atoms with van der Waals surface area (Å²) in [6.07, 6.45) is 0. The number of benzene rings is 3. The molecule has 6 N–H and O–H groups in total. The van der Waals surface area contributed by atoms with Gasteiger partial charge in [-0.05, 0) is 17.5 Å². The van der Waals surface area contributed by atoms with Crippen LogP contribution in [-0.2, 0) is 44.7 Å². The maximum atomic E-state index is 12.8. The second-order valence-electron chi connectivity index (χ2n) is 8.07. The van der Waals surface area contributed by atoms with Crippen LogP contribution in [0.5, 0.6) is 17.2 Å². The number of hydrogen-bond donors (Lipinski definition) is 5. The molecule has 0 aliphatic heterocycles. The van der Waals surface area contributed by atoms with E-state index >= 15 is 0 Å². The zero-order valence-corrected chi connectivity index (χ0v) is 24.5. The second-order valence-corrected chi connectivity index (χ2v) is 14.1. The Kier molecular flexibility index (Phi) is 9.05. The summed E-state index contributed by atoms with van der Waals surface area (Å²) in [5.41, 5.74) is 4.43. The lowest BCUT2D eigenvalue weighted by atomic mass is 10.1. The van der Waals surface area contributed by atoms with Crippen LogP contribution >= 0.6 is 0 Å². The van der Waals surface area contributed by atoms with E-state index in [1.165, 1.54) is 0 Å². The van der Waals surface area contributed by atoms with Gasteiger partial charge in [-0.25, -0.2) is 12.6 Å². The van der Waals surface area contributed by atoms with Crippen molar-refractivity contribution in [3.8, 4) is 17.2 Å². The molecule has 3 aromatic carbocycles. The van der Waals surface area contributed by atoms with Crippen molar-refractivity contribution < 1.29 is 66.1 Å². The highest BCUT2D eigenvalue weighted by atomic mass is 32.3. The lowest BCUT2D eigenvalue weighted by Gasteiger charge is -2.14. The van der Waals surface area contributed by atoms with Gasteiger partial charge >= 0.3 is 10.4 Å². The molecule has 230 valence electrons. The number of aromatic hydroxyl groups is 1. The van der Waals surface area contributed by atoms with E-state index in [1.54, 1.807) is 0 Å². The van der Waals surface area contributed by atoms with Gasteiger partial charge in [0, 0.05) is 23.6 Å². The van der Waals surface area contributed by atoms with Crippen LogP contribution in [0.1, 0.15) is 0 Å². The number of methoxy groups -OCH3 is 2. The van der Waals surface area contributed by atoms with Crippen molar-refractivity contribution in [2.24, 2.45) is 10.2 Å². The van der Waals surface area contributed by atoms with Gasteiger partial charge in [-0.1, -0.05) is 0 Å². The quantitative estimate of drug-likeness (QED) is 0.110. The molecule has 0 aliphatic rings. The first-order valence-corrected chi connectivity index (χ1v) is 16.7. The highest BCUT2D eigenvalue weighted by Gasteiger charge is 2.26. The summed E-state index contributed by atoms with van der Waals surface area (Å²) in [5.74, 6) is -2.35. The smallest absolute Gasteiger partial charge is 0.397 e. The largest absolute Gasteiger partial charge is 0.507 e. The van der Waals surface area contributed by atoms with E-state index in [2.05, 4.69) is 14.4 Å². The van der Waals surface area contributed by atoms with Crippen LogP contribution in [-0.4, -0.2) is 79.0 Å². The summed E-state index contributed by atoms with van der Waals surface area (Å²) < 4.78 is 136. The summed E-state index contributed by atoms with van der Waals surface area (Å²) in [6, 6.07) is 4.05. The number of nitrogens with two attached hydrogens (primary N) is 1. The number of phenols is 1. The normalized spacial score (nSPS) is 13.1. The first-order chi connectivity index (χ1) is 19.2. The Morgan fingerprint density at radius 1 is 0.786 bits per heavy atom. The molecule has 0 amide bonds. The van der Waals surface area contributed by atoms with E-state index in [-0.39, 0.29) is 28.0 Å². The van der Waals surface area contributed by atoms with Crippen LogP contribution in [0.25, 0.3) is 10.8 Å². The minimum Gasteiger partial charge on any atom is -0.507 e. The van der Waals surface area contributed by atoms with Crippen LogP contribution in [0.3, 0.4) is 0 Å². The third-order valence-corrected chi connectivity index (χ3v) is 9.24. The topological polar surface area (TPSA) is 296 Å². The monoisotopic (exact) mass is 671 g/mol. The van der Waals surface area contributed by atoms with Crippen molar-refractivity contribution in [1.82, 2.24) is 0 Å². The summed E-state index contributed by atoms with van der Waals surface area (Å²) in [7, 11) is -17.0. The minimum atomic E-state index is -5.12. The number of fused-ring (bicyclic) bond motifs is 1. The third-order valence-electron chi connectivity index (χ3n) is 5.38. The summed E-state index contributed by atoms with van der Waals surface area (Å²) in [6.45, 7) is -0.938. The molecule has 18 nitrogen and oxygen atoms in total. The fraction of sp³-hybridized carbons (Fsp3) is 0.200. The summed E-state index contributed by atoms with van der Waals surface area (Å²) in [5, 5.41) is 17.3. The number of anilines is 1. The maximum absolute atomic E-state index is 12.8. The van der Waals surface area contributed by atoms with E-state index in [0.29, 0.717) is 12.1 Å². The standard InChI is InChI=1S/C20H21N3O15S4/c1-36-14-9-16(39(25,26)4-3-38-42(33,34)35)15(37-2)8-12(14)22-23-20-17(41(30,31)32)6-10-5-11(40(27,28)29)7-13(24)18(10)19(20)21/h5-9,24H,3-4,21H2,1-2H3,(H,27,28,29)(H,30,31,32)(H,33,34,35). The van der Waals surface area contributed by atoms with Gasteiger partial charge in [-0.2, -0.15) is 25.3 Å². The number of phenolic OH excluding ortho intramolecular Hbond substituents is 1. The van der Waals surface area contributed by atoms with Crippen LogP contribution < -0.4 is 15.2 Å². The van der Waals surface area contributed by atoms with Crippen LogP contribution in [0, 0.1) is 0 Å². The van der Waals surface area contributed by atoms with Crippen molar-refractivity contribution in [2.75, 3.05) is 32.3 Å². The lowest BCUT2D eigenvalue weighted by molar-refractivity contribution is 0.283. The van der Waals surface area contributed by atoms with Crippen LogP contribution in [0.15, 0.2) is 55.2 Å². The average Bonchev–Trinajstić information content (AvgIpc) is 2.84. The highest BCUT2D eigenvalue weighted by Crippen LogP contribution is 2.44. The molecule has 0 fully saturated rings. The summed E-state index contributed by atoms with van der Waals surface area (Å²) >= 11 is 0. The van der Waals surface area contributed by atoms with E-state index in [9.17, 15) is 47.9 Å². The molecule has 0 aliphatic carbocycles. The Morgan fingerprint density at radius 3 is 1.93 bits per heavy atom. The van der Waals surface area contributed by atoms with E-state index in [0.717, 1.165) is 32.4 Å². The Balaban J connectivity index is 2.21. The molecule has 0 atom stereocenters. The first-order valence-electron chi connectivity index (χ1n) is 10.8. The van der Waals surface area contributed by atoms with E-state index < -0.39 is 84.6 Å². The zero-order chi connectivity index (χ0) is 31.8. The second kappa shape index (κ2) is 11.6. The molecule has 3 aromatic rings. The number of ether oxygens (including phenoxy) is 2. The Morgan fingerprint density at radius 2 is 1.40 bits per heavy atom. The number of sulfone groups is 1. The van der Waals surface area contributed by atoms with Gasteiger partial charge in [0.25, 0.3) is 20.2 Å². The molecule has 0 saturated heterocycles. The number of azo groups is 1. The predicted molar refractivity (Wildman–Crippen MR) is 143 cm³/mol. The molecule has 3 rings (SSSR count). The lowest BCUT2D eigenvalue weighted by Crippen LogP contribution is -2.16. The Bertz CT molecular complexity index is 2040. The van der Waals surface area contributed by atoms with Crippen molar-refractivity contribution in [3.05, 3.63) is 30.3 Å². The maximum Gasteiger partial charge on any atom is 0.397 e. The Hall–Kier alpha value is -3.64. The SMILES string of the molecule is COc1cc(S(=O)(=O)CCOS(=O)(=O)O)c(OC)cc1N=Nc1c(S(=O)(=O)O)cc2cc(S(=O)(=O)O)cc(O)c2c1N. The molecule has 0 bridgehead atoms. The van der Waals surface area contributed by atoms with Crippen molar-refractivity contribution >= 4 is 68.3 Å². The average molecular weight is 672 g/mol. The number of rotatable bonds is 11. The molecule has 0 heterocycles. The highest BCUT2D eigenvalue weighted by molar-refractivity contribution is 7.91. The minimum absolute atomic E-state index is 0.269. The van der Waals surface area contributed by atoms with Gasteiger partial charge in [-0.15, -0.1) is 10.2 Å². The van der Waals surface area contributed by atoms with Crippen LogP contribution in [0.2, 0.25) is 0 Å². The molecule has 22 heteroatoms. The molecule has 0 radical (unpaired) electrons. The van der Waals surface area contributed by atoms with Gasteiger partial charge < -0.3 is 20.3 Å². The number of nitrogen functional groups attached to an aromatic ring is 1. The van der Waals surface area contributed by atoms with Gasteiger partial charge in [0.1, 0.15) is 38.4 Å². The number of hydrogen-bond acceptors (Lipinski definition) is 15. The first kappa shape index (κ1) is 32.9. The molecule has 0 aromatic heterocycles. The molecule has 0 unspecified atom stereocenters. The Labute approximate surface area is 238 Å². The van der Waals surface area contributed by atoms with Gasteiger partial charge in [0.05, 0.1) is 37.2 Å². The molecule has 0 spiro atoms. The molecule has 0 saturated carbocycles. The third kappa shape index (κ3) is 7.22. The zero-order valence-electron chi connectivity index (χ0n) is 21.2. The van der Waals surface area contributed by atoms with E-state index in [1.807, 2.05) is 0 Å². The van der Waals surface area contributed by atoms with Gasteiger partial charge in [0.2, 0.25) is 0 Å². The van der Waals surface area contributed by atoms with Crippen molar-refractivity contribution in [3.63, 3.8) is 0 Å². The summed E-state index contributed by atoms with van der Waals surface area (Å²) in [4.78, 5) is -2.30. The van der Waals surface area contributed by atoms with Gasteiger partial charge in [0.15, 0.2) is 9.84 Å². The fourth-order valence-electron chi connectivity index (χ4n) is 3.58. The molecular formula is C20H21N3O15S4. The fourth-order valence-corrected chi connectivity index (χ4v) is 6.44. The van der Waals surface area contributed by atoms with E-state index in [4.69, 9.17) is 19.8 Å². The molecule has 42 heavy (non-hydrogen) atoms. The van der Waals surface area contributed by atoms with Crippen LogP contribution in [0.4, 0.5) is 17.1 Å².